The summed E-state index contributed by atoms with van der Waals surface area (Å²) in [5.74, 6) is 0.334. The van der Waals surface area contributed by atoms with Gasteiger partial charge in [-0.3, -0.25) is 0 Å². The van der Waals surface area contributed by atoms with E-state index in [1.165, 1.54) is 12.3 Å². The number of halogens is 1. The number of oxime groups is 1. The Morgan fingerprint density at radius 1 is 1.16 bits per heavy atom. The van der Waals surface area contributed by atoms with E-state index in [2.05, 4.69) is 5.16 Å². The quantitative estimate of drug-likeness (QED) is 0.408. The number of rotatable bonds is 8. The van der Waals surface area contributed by atoms with Crippen molar-refractivity contribution in [1.29, 1.82) is 0 Å². The third-order valence-corrected chi connectivity index (χ3v) is 3.41. The topological polar surface area (TPSA) is 51.1 Å². The largest absolute Gasteiger partial charge is 0.454 e. The number of nitrogens with zero attached hydrogens (tertiary/aromatic N) is 1. The average molecular weight is 343 g/mol. The van der Waals surface area contributed by atoms with Gasteiger partial charge in [0.25, 0.3) is 0 Å². The third-order valence-electron chi connectivity index (χ3n) is 3.41. The molecule has 0 atom stereocenters. The summed E-state index contributed by atoms with van der Waals surface area (Å²) in [6.45, 7) is 4.82. The highest BCUT2D eigenvalue weighted by atomic mass is 19.1. The molecule has 0 unspecified atom stereocenters. The van der Waals surface area contributed by atoms with Gasteiger partial charge in [-0.05, 0) is 35.9 Å². The van der Waals surface area contributed by atoms with Crippen LogP contribution >= 0.6 is 0 Å². The summed E-state index contributed by atoms with van der Waals surface area (Å²) in [5.41, 5.74) is 0.606. The van der Waals surface area contributed by atoms with Crippen LogP contribution in [0.3, 0.4) is 0 Å². The van der Waals surface area contributed by atoms with Gasteiger partial charge in [0.2, 0.25) is 0 Å². The molecular formula is C20H22FNO3. The zero-order valence-corrected chi connectivity index (χ0v) is 14.4. The first kappa shape index (κ1) is 18.7. The van der Waals surface area contributed by atoms with Gasteiger partial charge in [0.1, 0.15) is 5.75 Å². The first-order chi connectivity index (χ1) is 12.0. The van der Waals surface area contributed by atoms with E-state index in [4.69, 9.17) is 14.7 Å². The van der Waals surface area contributed by atoms with Crippen LogP contribution in [0.1, 0.15) is 19.4 Å². The van der Waals surface area contributed by atoms with Gasteiger partial charge in [-0.15, -0.1) is 0 Å². The second-order valence-electron chi connectivity index (χ2n) is 6.28. The van der Waals surface area contributed by atoms with E-state index >= 15 is 0 Å². The van der Waals surface area contributed by atoms with Crippen molar-refractivity contribution in [3.63, 3.8) is 0 Å². The lowest BCUT2D eigenvalue weighted by Crippen LogP contribution is -2.16. The van der Waals surface area contributed by atoms with E-state index in [0.29, 0.717) is 19.0 Å². The highest BCUT2D eigenvalue weighted by Crippen LogP contribution is 2.26. The van der Waals surface area contributed by atoms with Gasteiger partial charge in [0, 0.05) is 5.41 Å². The predicted molar refractivity (Wildman–Crippen MR) is 95.8 cm³/mol. The second-order valence-corrected chi connectivity index (χ2v) is 6.28. The van der Waals surface area contributed by atoms with E-state index in [0.717, 1.165) is 5.56 Å². The van der Waals surface area contributed by atoms with Crippen LogP contribution in [0.2, 0.25) is 0 Å². The van der Waals surface area contributed by atoms with Crippen molar-refractivity contribution >= 4 is 6.21 Å². The highest BCUT2D eigenvalue weighted by molar-refractivity contribution is 5.70. The third kappa shape index (κ3) is 6.39. The summed E-state index contributed by atoms with van der Waals surface area (Å²) in [4.78, 5) is 0. The van der Waals surface area contributed by atoms with E-state index in [-0.39, 0.29) is 11.2 Å². The zero-order chi connectivity index (χ0) is 18.1. The molecule has 5 heteroatoms. The van der Waals surface area contributed by atoms with E-state index < -0.39 is 5.82 Å². The molecule has 0 heterocycles. The lowest BCUT2D eigenvalue weighted by Gasteiger charge is -2.20. The maximum atomic E-state index is 13.9. The van der Waals surface area contributed by atoms with Crippen molar-refractivity contribution in [3.05, 3.63) is 72.1 Å². The summed E-state index contributed by atoms with van der Waals surface area (Å²) < 4.78 is 25.2. The smallest absolute Gasteiger partial charge is 0.165 e. The van der Waals surface area contributed by atoms with Crippen LogP contribution in [-0.4, -0.2) is 18.0 Å². The van der Waals surface area contributed by atoms with E-state index in [9.17, 15) is 4.39 Å². The van der Waals surface area contributed by atoms with Crippen molar-refractivity contribution in [2.24, 2.45) is 10.6 Å². The first-order valence-corrected chi connectivity index (χ1v) is 7.94. The molecule has 2 aromatic carbocycles. The maximum absolute atomic E-state index is 13.9. The number of ether oxygens (including phenoxy) is 2. The van der Waals surface area contributed by atoms with Crippen LogP contribution < -0.4 is 4.74 Å². The van der Waals surface area contributed by atoms with Crippen molar-refractivity contribution in [3.8, 4) is 11.5 Å². The number of hydrogen-bond acceptors (Lipinski definition) is 4. The Bertz CT molecular complexity index is 727. The molecule has 4 nitrogen and oxygen atoms in total. The van der Waals surface area contributed by atoms with Gasteiger partial charge in [-0.1, -0.05) is 49.3 Å². The molecule has 132 valence electrons. The summed E-state index contributed by atoms with van der Waals surface area (Å²) >= 11 is 0. The van der Waals surface area contributed by atoms with Crippen molar-refractivity contribution in [1.82, 2.24) is 0 Å². The summed E-state index contributed by atoms with van der Waals surface area (Å²) in [5, 5.41) is 11.3. The number of hydrogen-bond donors (Lipinski definition) is 1. The Morgan fingerprint density at radius 2 is 1.92 bits per heavy atom. The molecule has 0 fully saturated rings. The van der Waals surface area contributed by atoms with Crippen LogP contribution in [0.15, 0.2) is 65.8 Å². The normalized spacial score (nSPS) is 12.1. The minimum Gasteiger partial charge on any atom is -0.454 e. The molecule has 2 aromatic rings. The van der Waals surface area contributed by atoms with Gasteiger partial charge in [0.05, 0.1) is 19.4 Å². The minimum absolute atomic E-state index is 0.172. The Balaban J connectivity index is 1.95. The Labute approximate surface area is 147 Å². The van der Waals surface area contributed by atoms with Crippen LogP contribution in [0.5, 0.6) is 11.5 Å². The van der Waals surface area contributed by atoms with Crippen molar-refractivity contribution in [2.45, 2.75) is 20.5 Å². The number of benzene rings is 2. The molecule has 25 heavy (non-hydrogen) atoms. The lowest BCUT2D eigenvalue weighted by atomic mass is 9.94. The second kappa shape index (κ2) is 8.99. The number of allylic oxidation sites excluding steroid dienone is 1. The van der Waals surface area contributed by atoms with Gasteiger partial charge >= 0.3 is 0 Å². The molecule has 0 aliphatic rings. The maximum Gasteiger partial charge on any atom is 0.165 e. The van der Waals surface area contributed by atoms with E-state index in [1.807, 2.05) is 38.1 Å². The van der Waals surface area contributed by atoms with Crippen LogP contribution in [0, 0.1) is 11.2 Å². The highest BCUT2D eigenvalue weighted by Gasteiger charge is 2.14. The van der Waals surface area contributed by atoms with Gasteiger partial charge in [0.15, 0.2) is 11.6 Å². The summed E-state index contributed by atoms with van der Waals surface area (Å²) in [6, 6.07) is 13.8. The molecule has 0 saturated heterocycles. The Morgan fingerprint density at radius 3 is 2.64 bits per heavy atom. The predicted octanol–water partition coefficient (Wildman–Crippen LogP) is 5.18. The molecule has 0 amide bonds. The van der Waals surface area contributed by atoms with Crippen LogP contribution in [0.4, 0.5) is 4.39 Å². The minimum atomic E-state index is -0.417. The van der Waals surface area contributed by atoms with Gasteiger partial charge < -0.3 is 14.7 Å². The van der Waals surface area contributed by atoms with Crippen LogP contribution in [0.25, 0.3) is 0 Å². The summed E-state index contributed by atoms with van der Waals surface area (Å²) in [7, 11) is 0. The molecular weight excluding hydrogens is 321 g/mol. The zero-order valence-electron chi connectivity index (χ0n) is 14.4. The molecule has 0 bridgehead atoms. The molecule has 0 aromatic heterocycles. The summed E-state index contributed by atoms with van der Waals surface area (Å²) in [6.07, 6.45) is 4.85. The van der Waals surface area contributed by atoms with Gasteiger partial charge in [-0.25, -0.2) is 4.39 Å². The molecule has 0 radical (unpaired) electrons. The SMILES string of the molecule is CC(C)(C=CC=NO)COCc1ccc(F)c(Oc2ccccc2)c1. The molecule has 0 aliphatic carbocycles. The lowest BCUT2D eigenvalue weighted by molar-refractivity contribution is 0.0716. The number of para-hydroxylation sites is 1. The molecule has 2 rings (SSSR count). The van der Waals surface area contributed by atoms with E-state index in [1.54, 1.807) is 30.3 Å². The molecule has 1 N–H and O–H groups in total. The average Bonchev–Trinajstić information content (AvgIpc) is 2.59. The molecule has 0 aliphatic heterocycles. The molecule has 0 spiro atoms. The fraction of sp³-hybridized carbons (Fsp3) is 0.250. The Kier molecular flexibility index (Phi) is 6.71. The fourth-order valence-corrected chi connectivity index (χ4v) is 2.15. The fourth-order valence-electron chi connectivity index (χ4n) is 2.15. The Hall–Kier alpha value is -2.66. The molecule has 0 saturated carbocycles. The van der Waals surface area contributed by atoms with Crippen LogP contribution in [-0.2, 0) is 11.3 Å². The van der Waals surface area contributed by atoms with Gasteiger partial charge in [-0.2, -0.15) is 0 Å². The first-order valence-electron chi connectivity index (χ1n) is 7.94. The standard InChI is InChI=1S/C20H22FNO3/c1-20(2,11-6-12-22-23)15-24-14-16-9-10-18(21)19(13-16)25-17-7-4-3-5-8-17/h3-13,23H,14-15H2,1-2H3. The van der Waals surface area contributed by atoms with Crippen molar-refractivity contribution in [2.75, 3.05) is 6.61 Å². The van der Waals surface area contributed by atoms with Crippen molar-refractivity contribution < 1.29 is 19.1 Å². The monoisotopic (exact) mass is 343 g/mol.